The number of nitrogens with one attached hydrogen (secondary N) is 1. The number of hydrogen-bond donors (Lipinski definition) is 1. The number of carbonyl (C=O) groups excluding carboxylic acids is 1. The summed E-state index contributed by atoms with van der Waals surface area (Å²) >= 11 is 0. The summed E-state index contributed by atoms with van der Waals surface area (Å²) in [6.45, 7) is 1.84. The van der Waals surface area contributed by atoms with Gasteiger partial charge >= 0.3 is 5.91 Å². The van der Waals surface area contributed by atoms with Gasteiger partial charge in [-0.3, -0.25) is 4.79 Å². The molecular formula is C15H12N2O3. The Kier molecular flexibility index (Phi) is 3.09. The van der Waals surface area contributed by atoms with Crippen LogP contribution < -0.4 is 5.43 Å². The summed E-state index contributed by atoms with van der Waals surface area (Å²) in [7, 11) is 0. The molecular weight excluding hydrogens is 256 g/mol. The first kappa shape index (κ1) is 12.2. The summed E-state index contributed by atoms with van der Waals surface area (Å²) in [4.78, 5) is 11.9. The largest absolute Gasteiger partial charge is 0.460 e. The summed E-state index contributed by atoms with van der Waals surface area (Å²) in [5.74, 6) is 1.18. The molecule has 1 amide bonds. The van der Waals surface area contributed by atoms with Crippen LogP contribution in [0.3, 0.4) is 0 Å². The van der Waals surface area contributed by atoms with Crippen molar-refractivity contribution in [1.82, 2.24) is 5.43 Å². The summed E-state index contributed by atoms with van der Waals surface area (Å²) in [6.07, 6.45) is 1.44. The highest BCUT2D eigenvalue weighted by Gasteiger charge is 2.10. The highest BCUT2D eigenvalue weighted by Crippen LogP contribution is 2.18. The lowest BCUT2D eigenvalue weighted by Crippen LogP contribution is -2.16. The van der Waals surface area contributed by atoms with Crippen LogP contribution in [0.15, 0.2) is 56.4 Å². The molecule has 0 saturated heterocycles. The lowest BCUT2D eigenvalue weighted by atomic mass is 10.2. The van der Waals surface area contributed by atoms with Gasteiger partial charge in [-0.1, -0.05) is 18.2 Å². The van der Waals surface area contributed by atoms with Gasteiger partial charge in [0.1, 0.15) is 17.1 Å². The standard InChI is InChI=1S/C15H12N2O3/c1-10-6-7-12(19-10)9-16-17-15(18)14-8-11-4-2-3-5-13(11)20-14/h2-9H,1H3,(H,17,18)/b16-9+. The Labute approximate surface area is 114 Å². The highest BCUT2D eigenvalue weighted by molar-refractivity contribution is 5.96. The predicted octanol–water partition coefficient (Wildman–Crippen LogP) is 3.10. The first-order valence-electron chi connectivity index (χ1n) is 6.11. The van der Waals surface area contributed by atoms with Gasteiger partial charge in [0.25, 0.3) is 0 Å². The van der Waals surface area contributed by atoms with Gasteiger partial charge in [0, 0.05) is 5.39 Å². The topological polar surface area (TPSA) is 67.7 Å². The van der Waals surface area contributed by atoms with E-state index >= 15 is 0 Å². The second kappa shape index (κ2) is 5.05. The van der Waals surface area contributed by atoms with E-state index in [4.69, 9.17) is 8.83 Å². The molecule has 0 radical (unpaired) electrons. The van der Waals surface area contributed by atoms with Crippen LogP contribution >= 0.6 is 0 Å². The minimum atomic E-state index is -0.402. The van der Waals surface area contributed by atoms with Crippen molar-refractivity contribution in [3.05, 3.63) is 59.7 Å². The van der Waals surface area contributed by atoms with Gasteiger partial charge in [0.15, 0.2) is 5.76 Å². The maximum absolute atomic E-state index is 11.9. The zero-order chi connectivity index (χ0) is 13.9. The third-order valence-corrected chi connectivity index (χ3v) is 2.77. The fraction of sp³-hybridized carbons (Fsp3) is 0.0667. The van der Waals surface area contributed by atoms with Crippen molar-refractivity contribution >= 4 is 23.1 Å². The first-order valence-corrected chi connectivity index (χ1v) is 6.11. The molecule has 5 nitrogen and oxygen atoms in total. The predicted molar refractivity (Wildman–Crippen MR) is 74.7 cm³/mol. The van der Waals surface area contributed by atoms with Gasteiger partial charge in [-0.25, -0.2) is 5.43 Å². The Balaban J connectivity index is 1.71. The van der Waals surface area contributed by atoms with Gasteiger partial charge in [0.05, 0.1) is 6.21 Å². The minimum Gasteiger partial charge on any atom is -0.460 e. The monoisotopic (exact) mass is 268 g/mol. The molecule has 2 aromatic heterocycles. The zero-order valence-corrected chi connectivity index (χ0v) is 10.8. The van der Waals surface area contributed by atoms with Crippen LogP contribution in [0.2, 0.25) is 0 Å². The first-order chi connectivity index (χ1) is 9.72. The van der Waals surface area contributed by atoms with Crippen LogP contribution in [0.4, 0.5) is 0 Å². The second-order valence-electron chi connectivity index (χ2n) is 4.30. The molecule has 20 heavy (non-hydrogen) atoms. The van der Waals surface area contributed by atoms with Crippen LogP contribution in [-0.2, 0) is 0 Å². The number of para-hydroxylation sites is 1. The van der Waals surface area contributed by atoms with Crippen LogP contribution in [0.25, 0.3) is 11.0 Å². The lowest BCUT2D eigenvalue weighted by molar-refractivity contribution is 0.0929. The molecule has 5 heteroatoms. The number of amides is 1. The van der Waals surface area contributed by atoms with E-state index in [1.54, 1.807) is 18.2 Å². The van der Waals surface area contributed by atoms with Crippen LogP contribution in [0, 0.1) is 6.92 Å². The molecule has 0 saturated carbocycles. The van der Waals surface area contributed by atoms with Crippen LogP contribution in [0.1, 0.15) is 22.1 Å². The number of rotatable bonds is 3. The Bertz CT molecular complexity index is 750. The Morgan fingerprint density at radius 2 is 2.05 bits per heavy atom. The molecule has 0 aliphatic carbocycles. The van der Waals surface area contributed by atoms with Crippen molar-refractivity contribution in [2.75, 3.05) is 0 Å². The van der Waals surface area contributed by atoms with Gasteiger partial charge in [-0.05, 0) is 31.2 Å². The van der Waals surface area contributed by atoms with Crippen molar-refractivity contribution in [1.29, 1.82) is 0 Å². The van der Waals surface area contributed by atoms with Crippen molar-refractivity contribution in [2.45, 2.75) is 6.92 Å². The molecule has 3 rings (SSSR count). The number of aryl methyl sites for hydroxylation is 1. The number of nitrogens with zero attached hydrogens (tertiary/aromatic N) is 1. The maximum atomic E-state index is 11.9. The number of hydrogen-bond acceptors (Lipinski definition) is 4. The van der Waals surface area contributed by atoms with E-state index in [1.165, 1.54) is 6.21 Å². The van der Waals surface area contributed by atoms with Gasteiger partial charge in [-0.15, -0.1) is 0 Å². The number of hydrazone groups is 1. The number of furan rings is 2. The molecule has 0 spiro atoms. The molecule has 1 N–H and O–H groups in total. The molecule has 3 aromatic rings. The quantitative estimate of drug-likeness (QED) is 0.586. The average Bonchev–Trinajstić information content (AvgIpc) is 3.04. The van der Waals surface area contributed by atoms with Crippen molar-refractivity contribution in [3.63, 3.8) is 0 Å². The minimum absolute atomic E-state index is 0.221. The average molecular weight is 268 g/mol. The smallest absolute Gasteiger partial charge is 0.307 e. The van der Waals surface area contributed by atoms with E-state index in [-0.39, 0.29) is 5.76 Å². The van der Waals surface area contributed by atoms with Gasteiger partial charge in [-0.2, -0.15) is 5.10 Å². The van der Waals surface area contributed by atoms with Gasteiger partial charge < -0.3 is 8.83 Å². The Morgan fingerprint density at radius 1 is 1.20 bits per heavy atom. The van der Waals surface area contributed by atoms with Crippen molar-refractivity contribution in [2.24, 2.45) is 5.10 Å². The molecule has 0 unspecified atom stereocenters. The fourth-order valence-corrected chi connectivity index (χ4v) is 1.83. The number of benzene rings is 1. The molecule has 0 aliphatic heterocycles. The van der Waals surface area contributed by atoms with E-state index in [0.717, 1.165) is 11.1 Å². The lowest BCUT2D eigenvalue weighted by Gasteiger charge is -1.93. The maximum Gasteiger partial charge on any atom is 0.307 e. The van der Waals surface area contributed by atoms with E-state index in [2.05, 4.69) is 10.5 Å². The molecule has 1 aromatic carbocycles. The normalized spacial score (nSPS) is 11.2. The van der Waals surface area contributed by atoms with Crippen molar-refractivity contribution in [3.8, 4) is 0 Å². The fourth-order valence-electron chi connectivity index (χ4n) is 1.83. The summed E-state index contributed by atoms with van der Waals surface area (Å²) in [6, 6.07) is 12.7. The third-order valence-electron chi connectivity index (χ3n) is 2.77. The van der Waals surface area contributed by atoms with Crippen LogP contribution in [-0.4, -0.2) is 12.1 Å². The molecule has 0 atom stereocenters. The van der Waals surface area contributed by atoms with E-state index in [1.807, 2.05) is 31.2 Å². The molecule has 0 bridgehead atoms. The second-order valence-corrected chi connectivity index (χ2v) is 4.30. The number of fused-ring (bicyclic) bond motifs is 1. The highest BCUT2D eigenvalue weighted by atomic mass is 16.3. The molecule has 2 heterocycles. The van der Waals surface area contributed by atoms with E-state index in [9.17, 15) is 4.79 Å². The number of carbonyl (C=O) groups is 1. The Morgan fingerprint density at radius 3 is 2.80 bits per heavy atom. The third kappa shape index (κ3) is 2.47. The van der Waals surface area contributed by atoms with E-state index < -0.39 is 5.91 Å². The van der Waals surface area contributed by atoms with E-state index in [0.29, 0.717) is 11.3 Å². The summed E-state index contributed by atoms with van der Waals surface area (Å²) in [5, 5.41) is 4.70. The molecule has 100 valence electrons. The zero-order valence-electron chi connectivity index (χ0n) is 10.8. The SMILES string of the molecule is Cc1ccc(/C=N/NC(=O)c2cc3ccccc3o2)o1. The summed E-state index contributed by atoms with van der Waals surface area (Å²) < 4.78 is 10.7. The molecule has 0 fully saturated rings. The van der Waals surface area contributed by atoms with Gasteiger partial charge in [0.2, 0.25) is 0 Å². The van der Waals surface area contributed by atoms with Crippen molar-refractivity contribution < 1.29 is 13.6 Å². The summed E-state index contributed by atoms with van der Waals surface area (Å²) in [5.41, 5.74) is 3.06. The Hall–Kier alpha value is -2.82. The van der Waals surface area contributed by atoms with Crippen LogP contribution in [0.5, 0.6) is 0 Å². The molecule has 0 aliphatic rings.